The summed E-state index contributed by atoms with van der Waals surface area (Å²) in [5.41, 5.74) is 0. The Labute approximate surface area is 74.8 Å². The summed E-state index contributed by atoms with van der Waals surface area (Å²) < 4.78 is 12.0. The van der Waals surface area contributed by atoms with Gasteiger partial charge in [-0.2, -0.15) is 0 Å². The molecule has 0 fully saturated rings. The number of hydrogen-bond acceptors (Lipinski definition) is 1. The third kappa shape index (κ3) is 2.84. The normalized spacial score (nSPS) is 8.11. The zero-order valence-corrected chi connectivity index (χ0v) is 7.13. The van der Waals surface area contributed by atoms with Crippen LogP contribution in [0, 0.1) is 5.82 Å². The molecule has 0 bridgehead atoms. The maximum Gasteiger partial charge on any atom is 0.123 e. The summed E-state index contributed by atoms with van der Waals surface area (Å²) in [5.74, 6) is -0.241. The van der Waals surface area contributed by atoms with Gasteiger partial charge in [0.25, 0.3) is 0 Å². The van der Waals surface area contributed by atoms with Gasteiger partial charge in [-0.25, -0.2) is 4.39 Å². The van der Waals surface area contributed by atoms with Crippen molar-refractivity contribution in [2.45, 2.75) is 0 Å². The molecule has 1 rings (SSSR count). The summed E-state index contributed by atoms with van der Waals surface area (Å²) in [5, 5.41) is 8.59. The largest absolute Gasteiger partial charge is 0.508 e. The maximum absolute atomic E-state index is 12.0. The molecule has 0 saturated heterocycles. The molecular formula is C6H5FNaO. The Morgan fingerprint density at radius 1 is 1.11 bits per heavy atom. The van der Waals surface area contributed by atoms with Crippen molar-refractivity contribution in [3.8, 4) is 5.75 Å². The third-order valence-corrected chi connectivity index (χ3v) is 0.827. The number of phenols is 1. The topological polar surface area (TPSA) is 20.2 Å². The fraction of sp³-hybridized carbons (Fsp3) is 0. The van der Waals surface area contributed by atoms with Crippen LogP contribution in [0.4, 0.5) is 4.39 Å². The molecule has 0 atom stereocenters. The number of benzene rings is 1. The van der Waals surface area contributed by atoms with Crippen LogP contribution in [0.2, 0.25) is 0 Å². The van der Waals surface area contributed by atoms with Crippen LogP contribution >= 0.6 is 0 Å². The second-order valence-electron chi connectivity index (χ2n) is 1.48. The van der Waals surface area contributed by atoms with E-state index in [1.54, 1.807) is 0 Å². The quantitative estimate of drug-likeness (QED) is 0.529. The summed E-state index contributed by atoms with van der Waals surface area (Å²) in [6.45, 7) is 0. The van der Waals surface area contributed by atoms with Crippen LogP contribution in [0.5, 0.6) is 5.75 Å². The van der Waals surface area contributed by atoms with Crippen molar-refractivity contribution in [1.82, 2.24) is 0 Å². The first-order chi connectivity index (χ1) is 3.79. The first kappa shape index (κ1) is 8.95. The number of hydrogen-bond donors (Lipinski definition) is 1. The summed E-state index contributed by atoms with van der Waals surface area (Å²) in [7, 11) is 0. The number of rotatable bonds is 0. The van der Waals surface area contributed by atoms with E-state index < -0.39 is 0 Å². The van der Waals surface area contributed by atoms with Crippen molar-refractivity contribution in [1.29, 1.82) is 0 Å². The van der Waals surface area contributed by atoms with Crippen molar-refractivity contribution < 1.29 is 9.50 Å². The number of phenolic OH excluding ortho intramolecular Hbond substituents is 1. The summed E-state index contributed by atoms with van der Waals surface area (Å²) in [6, 6.07) is 5.01. The standard InChI is InChI=1S/C6H5FO.Na/c7-5-1-3-6(8)4-2-5;/h1-4,8H;. The van der Waals surface area contributed by atoms with Crippen LogP contribution in [-0.2, 0) is 0 Å². The van der Waals surface area contributed by atoms with Gasteiger partial charge < -0.3 is 5.11 Å². The van der Waals surface area contributed by atoms with Crippen LogP contribution in [0.25, 0.3) is 0 Å². The van der Waals surface area contributed by atoms with Gasteiger partial charge >= 0.3 is 0 Å². The smallest absolute Gasteiger partial charge is 0.123 e. The molecule has 1 nitrogen and oxygen atoms in total. The van der Waals surface area contributed by atoms with Gasteiger partial charge in [0.15, 0.2) is 0 Å². The van der Waals surface area contributed by atoms with E-state index in [9.17, 15) is 4.39 Å². The van der Waals surface area contributed by atoms with Crippen molar-refractivity contribution in [3.05, 3.63) is 30.1 Å². The minimum Gasteiger partial charge on any atom is -0.508 e. The number of halogens is 1. The molecule has 1 aromatic carbocycles. The average molecular weight is 135 g/mol. The minimum absolute atomic E-state index is 0. The molecule has 0 aliphatic rings. The summed E-state index contributed by atoms with van der Waals surface area (Å²) in [4.78, 5) is 0. The number of aromatic hydroxyl groups is 1. The molecule has 43 valence electrons. The van der Waals surface area contributed by atoms with Gasteiger partial charge in [-0.15, -0.1) is 0 Å². The van der Waals surface area contributed by atoms with Crippen molar-refractivity contribution in [2.24, 2.45) is 0 Å². The average Bonchev–Trinajstić information content (AvgIpc) is 1.77. The fourth-order valence-corrected chi connectivity index (χ4v) is 0.441. The van der Waals surface area contributed by atoms with Gasteiger partial charge in [0, 0.05) is 29.6 Å². The van der Waals surface area contributed by atoms with Crippen LogP contribution < -0.4 is 0 Å². The Hall–Kier alpha value is -0.0500. The Kier molecular flexibility index (Phi) is 3.86. The third-order valence-electron chi connectivity index (χ3n) is 0.827. The molecule has 0 amide bonds. The molecule has 0 heterocycles. The van der Waals surface area contributed by atoms with E-state index in [1.807, 2.05) is 0 Å². The zero-order chi connectivity index (χ0) is 5.98. The van der Waals surface area contributed by atoms with Gasteiger partial charge in [0.05, 0.1) is 0 Å². The Morgan fingerprint density at radius 3 is 1.89 bits per heavy atom. The second-order valence-corrected chi connectivity index (χ2v) is 1.48. The van der Waals surface area contributed by atoms with Crippen molar-refractivity contribution in [2.75, 3.05) is 0 Å². The molecule has 9 heavy (non-hydrogen) atoms. The Balaban J connectivity index is 0.000000640. The van der Waals surface area contributed by atoms with Gasteiger partial charge in [0.2, 0.25) is 0 Å². The van der Waals surface area contributed by atoms with E-state index in [0.717, 1.165) is 0 Å². The van der Waals surface area contributed by atoms with Gasteiger partial charge in [-0.05, 0) is 24.3 Å². The summed E-state index contributed by atoms with van der Waals surface area (Å²) in [6.07, 6.45) is 0. The predicted molar refractivity (Wildman–Crippen MR) is 33.8 cm³/mol. The second kappa shape index (κ2) is 3.88. The first-order valence-electron chi connectivity index (χ1n) is 2.23. The Bertz CT molecular complexity index is 152. The fourth-order valence-electron chi connectivity index (χ4n) is 0.441. The Morgan fingerprint density at radius 2 is 1.56 bits per heavy atom. The van der Waals surface area contributed by atoms with Crippen LogP contribution in [0.3, 0.4) is 0 Å². The van der Waals surface area contributed by atoms with Gasteiger partial charge in [-0.1, -0.05) is 0 Å². The van der Waals surface area contributed by atoms with Crippen LogP contribution in [-0.4, -0.2) is 34.7 Å². The van der Waals surface area contributed by atoms with E-state index in [0.29, 0.717) is 0 Å². The van der Waals surface area contributed by atoms with Gasteiger partial charge in [-0.3, -0.25) is 0 Å². The van der Waals surface area contributed by atoms with E-state index in [-0.39, 0.29) is 41.1 Å². The van der Waals surface area contributed by atoms with Crippen molar-refractivity contribution in [3.63, 3.8) is 0 Å². The molecule has 0 unspecified atom stereocenters. The van der Waals surface area contributed by atoms with E-state index in [1.165, 1.54) is 24.3 Å². The van der Waals surface area contributed by atoms with Crippen LogP contribution in [0.15, 0.2) is 24.3 Å². The monoisotopic (exact) mass is 135 g/mol. The van der Waals surface area contributed by atoms with E-state index in [4.69, 9.17) is 5.11 Å². The molecule has 3 heteroatoms. The van der Waals surface area contributed by atoms with Crippen molar-refractivity contribution >= 4 is 29.6 Å². The molecule has 1 aromatic rings. The van der Waals surface area contributed by atoms with Gasteiger partial charge in [0.1, 0.15) is 11.6 Å². The SMILES string of the molecule is Oc1ccc(F)cc1.[Na]. The van der Waals surface area contributed by atoms with E-state index in [2.05, 4.69) is 0 Å². The molecule has 1 N–H and O–H groups in total. The predicted octanol–water partition coefficient (Wildman–Crippen LogP) is 1.15. The minimum atomic E-state index is -0.331. The molecule has 0 aliphatic carbocycles. The molecule has 0 saturated carbocycles. The van der Waals surface area contributed by atoms with Crippen LogP contribution in [0.1, 0.15) is 0 Å². The summed E-state index contributed by atoms with van der Waals surface area (Å²) >= 11 is 0. The van der Waals surface area contributed by atoms with E-state index >= 15 is 0 Å². The molecule has 0 aromatic heterocycles. The molecule has 0 aliphatic heterocycles. The first-order valence-corrected chi connectivity index (χ1v) is 2.23. The molecule has 0 spiro atoms. The molecule has 1 radical (unpaired) electrons. The maximum atomic E-state index is 12.0. The molecular weight excluding hydrogens is 130 g/mol. The zero-order valence-electron chi connectivity index (χ0n) is 5.13.